The van der Waals surface area contributed by atoms with Crippen LogP contribution in [0.1, 0.15) is 11.1 Å². The van der Waals surface area contributed by atoms with Crippen LogP contribution in [0.5, 0.6) is 5.75 Å². The minimum absolute atomic E-state index is 0.0270. The molecule has 31 heavy (non-hydrogen) atoms. The lowest BCUT2D eigenvalue weighted by Gasteiger charge is -2.20. The summed E-state index contributed by atoms with van der Waals surface area (Å²) in [6, 6.07) is 14.0. The van der Waals surface area contributed by atoms with Crippen LogP contribution in [-0.4, -0.2) is 53.4 Å². The van der Waals surface area contributed by atoms with E-state index in [4.69, 9.17) is 19.3 Å². The van der Waals surface area contributed by atoms with E-state index in [2.05, 4.69) is 5.32 Å². The average molecular weight is 428 g/mol. The van der Waals surface area contributed by atoms with Crippen LogP contribution < -0.4 is 10.1 Å². The molecule has 1 heterocycles. The molecule has 2 aromatic carbocycles. The van der Waals surface area contributed by atoms with Gasteiger partial charge in [0.25, 0.3) is 0 Å². The van der Waals surface area contributed by atoms with E-state index >= 15 is 0 Å². The maximum absolute atomic E-state index is 12.3. The van der Waals surface area contributed by atoms with Crippen LogP contribution in [0.2, 0.25) is 0 Å². The molecule has 0 aliphatic carbocycles. The molecule has 0 spiro atoms. The van der Waals surface area contributed by atoms with Crippen LogP contribution in [0.3, 0.4) is 0 Å². The summed E-state index contributed by atoms with van der Waals surface area (Å²) in [5, 5.41) is 11.2. The number of nitrogens with one attached hydrogen (secondary N) is 1. The Labute approximate surface area is 177 Å². The largest absolute Gasteiger partial charge is 0.481 e. The van der Waals surface area contributed by atoms with Crippen LogP contribution in [-0.2, 0) is 32.1 Å². The Morgan fingerprint density at radius 1 is 1.10 bits per heavy atom. The first-order valence-corrected chi connectivity index (χ1v) is 9.33. The third kappa shape index (κ3) is 6.20. The molecule has 3 rings (SSSR count). The van der Waals surface area contributed by atoms with Gasteiger partial charge in [-0.2, -0.15) is 0 Å². The molecule has 1 atom stereocenters. The second kappa shape index (κ2) is 10.1. The van der Waals surface area contributed by atoms with Gasteiger partial charge in [-0.25, -0.2) is 14.4 Å². The highest BCUT2D eigenvalue weighted by atomic mass is 16.6. The molecule has 0 saturated carbocycles. The summed E-state index contributed by atoms with van der Waals surface area (Å²) in [4.78, 5) is 48.2. The standard InChI is InChI=1S/C21H20N2O8/c24-18(25)10-15-7-4-8-16(9-15)31-20(27)22-11-17-19(26)30-13-23(17)21(28)29-12-14-5-2-1-3-6-14/h1-9,17H,10-13H2,(H,22,27)(H,24,25)/t17-/m1/s1. The van der Waals surface area contributed by atoms with E-state index in [0.717, 1.165) is 10.5 Å². The Morgan fingerprint density at radius 3 is 2.58 bits per heavy atom. The van der Waals surface area contributed by atoms with Crippen molar-refractivity contribution in [1.29, 1.82) is 0 Å². The Balaban J connectivity index is 1.51. The average Bonchev–Trinajstić information content (AvgIpc) is 3.11. The van der Waals surface area contributed by atoms with Crippen LogP contribution in [0.15, 0.2) is 54.6 Å². The molecule has 1 aliphatic heterocycles. The first kappa shape index (κ1) is 21.6. The van der Waals surface area contributed by atoms with Crippen LogP contribution in [0.4, 0.5) is 9.59 Å². The molecule has 1 fully saturated rings. The molecular formula is C21H20N2O8. The molecule has 0 radical (unpaired) electrons. The number of amides is 2. The second-order valence-corrected chi connectivity index (χ2v) is 6.61. The maximum atomic E-state index is 12.3. The van der Waals surface area contributed by atoms with Gasteiger partial charge in [-0.3, -0.25) is 9.69 Å². The highest BCUT2D eigenvalue weighted by molar-refractivity contribution is 5.84. The number of carbonyl (C=O) groups excluding carboxylic acids is 3. The number of cyclic esters (lactones) is 1. The van der Waals surface area contributed by atoms with Crippen molar-refractivity contribution in [1.82, 2.24) is 10.2 Å². The highest BCUT2D eigenvalue weighted by Gasteiger charge is 2.39. The van der Waals surface area contributed by atoms with E-state index in [0.29, 0.717) is 5.56 Å². The summed E-state index contributed by atoms with van der Waals surface area (Å²) in [6.45, 7) is -0.503. The maximum Gasteiger partial charge on any atom is 0.413 e. The summed E-state index contributed by atoms with van der Waals surface area (Å²) in [5.41, 5.74) is 1.25. The fourth-order valence-corrected chi connectivity index (χ4v) is 2.84. The predicted molar refractivity (Wildman–Crippen MR) is 105 cm³/mol. The number of carbonyl (C=O) groups is 4. The van der Waals surface area contributed by atoms with Crippen molar-refractivity contribution in [2.24, 2.45) is 0 Å². The zero-order valence-electron chi connectivity index (χ0n) is 16.4. The quantitative estimate of drug-likeness (QED) is 0.640. The van der Waals surface area contributed by atoms with Crippen molar-refractivity contribution in [3.63, 3.8) is 0 Å². The first-order valence-electron chi connectivity index (χ1n) is 9.33. The Kier molecular flexibility index (Phi) is 7.05. The van der Waals surface area contributed by atoms with Crippen LogP contribution in [0.25, 0.3) is 0 Å². The molecule has 10 nitrogen and oxygen atoms in total. The van der Waals surface area contributed by atoms with Gasteiger partial charge < -0.3 is 24.6 Å². The molecule has 2 N–H and O–H groups in total. The molecule has 1 saturated heterocycles. The number of benzene rings is 2. The topological polar surface area (TPSA) is 131 Å². The molecular weight excluding hydrogens is 408 g/mol. The van der Waals surface area contributed by atoms with E-state index in [9.17, 15) is 19.2 Å². The van der Waals surface area contributed by atoms with E-state index < -0.39 is 30.2 Å². The molecule has 0 aromatic heterocycles. The van der Waals surface area contributed by atoms with Crippen molar-refractivity contribution in [3.05, 3.63) is 65.7 Å². The lowest BCUT2D eigenvalue weighted by molar-refractivity contribution is -0.139. The Morgan fingerprint density at radius 2 is 1.84 bits per heavy atom. The third-order valence-corrected chi connectivity index (χ3v) is 4.34. The molecule has 10 heteroatoms. The number of carboxylic acid groups (broad SMARTS) is 1. The van der Waals surface area contributed by atoms with Gasteiger partial charge in [0.05, 0.1) is 13.0 Å². The van der Waals surface area contributed by atoms with Crippen molar-refractivity contribution in [2.75, 3.05) is 13.3 Å². The smallest absolute Gasteiger partial charge is 0.413 e. The molecule has 2 aromatic rings. The number of aliphatic carboxylic acids is 1. The minimum atomic E-state index is -1.06. The van der Waals surface area contributed by atoms with Gasteiger partial charge in [0.1, 0.15) is 12.4 Å². The fraction of sp³-hybridized carbons (Fsp3) is 0.238. The van der Waals surface area contributed by atoms with Crippen LogP contribution in [0, 0.1) is 0 Å². The van der Waals surface area contributed by atoms with Crippen molar-refractivity contribution < 1.29 is 38.5 Å². The Bertz CT molecular complexity index is 963. The SMILES string of the molecule is O=C(O)Cc1cccc(OC(=O)NC[C@@H]2C(=O)OCN2C(=O)OCc2ccccc2)c1. The van der Waals surface area contributed by atoms with Crippen molar-refractivity contribution in [2.45, 2.75) is 19.1 Å². The monoisotopic (exact) mass is 428 g/mol. The predicted octanol–water partition coefficient (Wildman–Crippen LogP) is 1.92. The molecule has 0 bridgehead atoms. The molecule has 162 valence electrons. The highest BCUT2D eigenvalue weighted by Crippen LogP contribution is 2.16. The molecule has 2 amide bonds. The zero-order chi connectivity index (χ0) is 22.2. The van der Waals surface area contributed by atoms with Crippen molar-refractivity contribution in [3.8, 4) is 5.75 Å². The lowest BCUT2D eigenvalue weighted by atomic mass is 10.1. The number of ether oxygens (including phenoxy) is 3. The summed E-state index contributed by atoms with van der Waals surface area (Å²) >= 11 is 0. The summed E-state index contributed by atoms with van der Waals surface area (Å²) in [7, 11) is 0. The summed E-state index contributed by atoms with van der Waals surface area (Å²) in [5.74, 6) is -1.55. The third-order valence-electron chi connectivity index (χ3n) is 4.34. The number of nitrogens with zero attached hydrogens (tertiary/aromatic N) is 1. The van der Waals surface area contributed by atoms with E-state index in [-0.39, 0.29) is 32.1 Å². The van der Waals surface area contributed by atoms with E-state index in [1.807, 2.05) is 6.07 Å². The van der Waals surface area contributed by atoms with E-state index in [1.54, 1.807) is 36.4 Å². The van der Waals surface area contributed by atoms with Gasteiger partial charge in [-0.05, 0) is 23.3 Å². The van der Waals surface area contributed by atoms with Crippen molar-refractivity contribution >= 4 is 24.1 Å². The van der Waals surface area contributed by atoms with Gasteiger partial charge in [0, 0.05) is 0 Å². The van der Waals surface area contributed by atoms with Crippen LogP contribution >= 0.6 is 0 Å². The number of rotatable bonds is 7. The minimum Gasteiger partial charge on any atom is -0.481 e. The number of carboxylic acids is 1. The van der Waals surface area contributed by atoms with Gasteiger partial charge >= 0.3 is 24.1 Å². The normalized spacial score (nSPS) is 15.2. The summed E-state index contributed by atoms with van der Waals surface area (Å²) in [6.07, 6.45) is -1.84. The van der Waals surface area contributed by atoms with Gasteiger partial charge in [0.15, 0.2) is 12.8 Å². The van der Waals surface area contributed by atoms with E-state index in [1.165, 1.54) is 12.1 Å². The second-order valence-electron chi connectivity index (χ2n) is 6.61. The summed E-state index contributed by atoms with van der Waals surface area (Å²) < 4.78 is 15.2. The number of hydrogen-bond donors (Lipinski definition) is 2. The molecule has 0 unspecified atom stereocenters. The number of hydrogen-bond acceptors (Lipinski definition) is 7. The molecule has 1 aliphatic rings. The zero-order valence-corrected chi connectivity index (χ0v) is 16.4. The van der Waals surface area contributed by atoms with Gasteiger partial charge in [-0.15, -0.1) is 0 Å². The lowest BCUT2D eigenvalue weighted by Crippen LogP contribution is -2.46. The fourth-order valence-electron chi connectivity index (χ4n) is 2.84. The first-order chi connectivity index (χ1) is 14.9. The number of esters is 1. The Hall–Kier alpha value is -4.08. The van der Waals surface area contributed by atoms with Gasteiger partial charge in [-0.1, -0.05) is 42.5 Å². The van der Waals surface area contributed by atoms with Gasteiger partial charge in [0.2, 0.25) is 0 Å².